The van der Waals surface area contributed by atoms with Crippen LogP contribution in [0, 0.1) is 0 Å². The number of carbonyl (C=O) groups excluding carboxylic acids is 1. The van der Waals surface area contributed by atoms with Crippen molar-refractivity contribution in [2.75, 3.05) is 19.6 Å². The molecule has 3 nitrogen and oxygen atoms in total. The van der Waals surface area contributed by atoms with Gasteiger partial charge in [-0.25, -0.2) is 0 Å². The summed E-state index contributed by atoms with van der Waals surface area (Å²) in [6, 6.07) is 8.68. The van der Waals surface area contributed by atoms with E-state index in [4.69, 9.17) is 0 Å². The molecule has 1 aliphatic rings. The SMILES string of the molecule is CCNC1CCN(C(=O)c2ccc(C(C)(C)C)cc2)CC1. The van der Waals surface area contributed by atoms with Crippen LogP contribution in [0.25, 0.3) is 0 Å². The van der Waals surface area contributed by atoms with Gasteiger partial charge in [0.15, 0.2) is 0 Å². The highest BCUT2D eigenvalue weighted by atomic mass is 16.2. The molecule has 1 aromatic rings. The number of benzene rings is 1. The molecule has 0 atom stereocenters. The van der Waals surface area contributed by atoms with Gasteiger partial charge in [-0.2, -0.15) is 0 Å². The number of hydrogen-bond acceptors (Lipinski definition) is 2. The fourth-order valence-electron chi connectivity index (χ4n) is 2.87. The largest absolute Gasteiger partial charge is 0.339 e. The fourth-order valence-corrected chi connectivity index (χ4v) is 2.87. The maximum absolute atomic E-state index is 12.5. The Bertz CT molecular complexity index is 465. The van der Waals surface area contributed by atoms with Gasteiger partial charge in [-0.15, -0.1) is 0 Å². The number of nitrogens with one attached hydrogen (secondary N) is 1. The molecule has 1 N–H and O–H groups in total. The third kappa shape index (κ3) is 4.07. The van der Waals surface area contributed by atoms with E-state index in [1.54, 1.807) is 0 Å². The molecule has 0 aromatic heterocycles. The lowest BCUT2D eigenvalue weighted by Crippen LogP contribution is -2.44. The van der Waals surface area contributed by atoms with Crippen molar-refractivity contribution in [2.45, 2.75) is 52.0 Å². The third-order valence-electron chi connectivity index (χ3n) is 4.27. The van der Waals surface area contributed by atoms with Gasteiger partial charge < -0.3 is 10.2 Å². The number of piperidine rings is 1. The second-order valence-electron chi connectivity index (χ2n) is 6.95. The highest BCUT2D eigenvalue weighted by Crippen LogP contribution is 2.23. The predicted octanol–water partition coefficient (Wildman–Crippen LogP) is 3.20. The molecule has 1 saturated heterocycles. The summed E-state index contributed by atoms with van der Waals surface area (Å²) in [4.78, 5) is 14.5. The van der Waals surface area contributed by atoms with Crippen LogP contribution in [-0.4, -0.2) is 36.5 Å². The highest BCUT2D eigenvalue weighted by Gasteiger charge is 2.23. The van der Waals surface area contributed by atoms with Crippen LogP contribution in [0.2, 0.25) is 0 Å². The molecule has 2 rings (SSSR count). The maximum Gasteiger partial charge on any atom is 0.253 e. The average molecular weight is 288 g/mol. The van der Waals surface area contributed by atoms with E-state index in [0.29, 0.717) is 6.04 Å². The van der Waals surface area contributed by atoms with Crippen molar-refractivity contribution in [1.82, 2.24) is 10.2 Å². The summed E-state index contributed by atoms with van der Waals surface area (Å²) in [5.74, 6) is 0.172. The Morgan fingerprint density at radius 3 is 2.24 bits per heavy atom. The van der Waals surface area contributed by atoms with Crippen molar-refractivity contribution >= 4 is 5.91 Å². The van der Waals surface area contributed by atoms with Gasteiger partial charge in [-0.05, 0) is 42.5 Å². The van der Waals surface area contributed by atoms with E-state index >= 15 is 0 Å². The molecule has 0 saturated carbocycles. The molecule has 1 aromatic carbocycles. The minimum absolute atomic E-state index is 0.131. The summed E-state index contributed by atoms with van der Waals surface area (Å²) in [5, 5.41) is 3.47. The van der Waals surface area contributed by atoms with Crippen molar-refractivity contribution in [3.05, 3.63) is 35.4 Å². The number of hydrogen-bond donors (Lipinski definition) is 1. The Labute approximate surface area is 128 Å². The van der Waals surface area contributed by atoms with Crippen LogP contribution in [0.15, 0.2) is 24.3 Å². The molecule has 0 bridgehead atoms. The Morgan fingerprint density at radius 2 is 1.76 bits per heavy atom. The summed E-state index contributed by atoms with van der Waals surface area (Å²) in [7, 11) is 0. The molecule has 116 valence electrons. The lowest BCUT2D eigenvalue weighted by molar-refractivity contribution is 0.0706. The first-order chi connectivity index (χ1) is 9.91. The molecule has 3 heteroatoms. The van der Waals surface area contributed by atoms with Gasteiger partial charge in [0.1, 0.15) is 0 Å². The van der Waals surface area contributed by atoms with E-state index in [1.807, 2.05) is 17.0 Å². The van der Waals surface area contributed by atoms with Crippen LogP contribution in [0.4, 0.5) is 0 Å². The van der Waals surface area contributed by atoms with Gasteiger partial charge in [0.05, 0.1) is 0 Å². The van der Waals surface area contributed by atoms with E-state index < -0.39 is 0 Å². The number of rotatable bonds is 3. The van der Waals surface area contributed by atoms with Gasteiger partial charge >= 0.3 is 0 Å². The summed E-state index contributed by atoms with van der Waals surface area (Å²) < 4.78 is 0. The van der Waals surface area contributed by atoms with E-state index in [0.717, 1.165) is 38.0 Å². The van der Waals surface area contributed by atoms with E-state index in [-0.39, 0.29) is 11.3 Å². The van der Waals surface area contributed by atoms with Gasteiger partial charge in [0.2, 0.25) is 0 Å². The molecule has 1 amide bonds. The van der Waals surface area contributed by atoms with Crippen LogP contribution in [0.5, 0.6) is 0 Å². The second-order valence-corrected chi connectivity index (χ2v) is 6.95. The summed E-state index contributed by atoms with van der Waals surface area (Å²) >= 11 is 0. The summed E-state index contributed by atoms with van der Waals surface area (Å²) in [6.45, 7) is 11.4. The topological polar surface area (TPSA) is 32.3 Å². The summed E-state index contributed by atoms with van der Waals surface area (Å²) in [6.07, 6.45) is 2.11. The molecular weight excluding hydrogens is 260 g/mol. The lowest BCUT2D eigenvalue weighted by atomic mass is 9.86. The Morgan fingerprint density at radius 1 is 1.19 bits per heavy atom. The Kier molecular flexibility index (Phi) is 5.04. The van der Waals surface area contributed by atoms with E-state index in [2.05, 4.69) is 45.1 Å². The van der Waals surface area contributed by atoms with Crippen LogP contribution in [-0.2, 0) is 5.41 Å². The first kappa shape index (κ1) is 16.0. The predicted molar refractivity (Wildman–Crippen MR) is 87.7 cm³/mol. The van der Waals surface area contributed by atoms with Crippen molar-refractivity contribution in [1.29, 1.82) is 0 Å². The average Bonchev–Trinajstić information content (AvgIpc) is 2.47. The van der Waals surface area contributed by atoms with Crippen LogP contribution in [0.1, 0.15) is 56.5 Å². The van der Waals surface area contributed by atoms with Crippen molar-refractivity contribution in [3.63, 3.8) is 0 Å². The van der Waals surface area contributed by atoms with Gasteiger partial charge in [0, 0.05) is 24.7 Å². The Balaban J connectivity index is 1.98. The first-order valence-corrected chi connectivity index (χ1v) is 8.05. The number of nitrogens with zero attached hydrogens (tertiary/aromatic N) is 1. The molecular formula is C18H28N2O. The van der Waals surface area contributed by atoms with Gasteiger partial charge in [0.25, 0.3) is 5.91 Å². The van der Waals surface area contributed by atoms with Gasteiger partial charge in [-0.1, -0.05) is 39.8 Å². The quantitative estimate of drug-likeness (QED) is 0.926. The molecule has 1 fully saturated rings. The number of amides is 1. The minimum atomic E-state index is 0.131. The van der Waals surface area contributed by atoms with Crippen LogP contribution >= 0.6 is 0 Å². The molecule has 21 heavy (non-hydrogen) atoms. The van der Waals surface area contributed by atoms with Crippen molar-refractivity contribution in [3.8, 4) is 0 Å². The molecule has 0 unspecified atom stereocenters. The molecule has 1 aliphatic heterocycles. The second kappa shape index (κ2) is 6.61. The zero-order valence-electron chi connectivity index (χ0n) is 13.8. The molecule has 1 heterocycles. The minimum Gasteiger partial charge on any atom is -0.339 e. The molecule has 0 radical (unpaired) electrons. The highest BCUT2D eigenvalue weighted by molar-refractivity contribution is 5.94. The third-order valence-corrected chi connectivity index (χ3v) is 4.27. The normalized spacial score (nSPS) is 17.0. The zero-order chi connectivity index (χ0) is 15.5. The fraction of sp³-hybridized carbons (Fsp3) is 0.611. The van der Waals surface area contributed by atoms with Gasteiger partial charge in [-0.3, -0.25) is 4.79 Å². The van der Waals surface area contributed by atoms with Crippen molar-refractivity contribution in [2.24, 2.45) is 0 Å². The van der Waals surface area contributed by atoms with E-state index in [1.165, 1.54) is 5.56 Å². The summed E-state index contributed by atoms with van der Waals surface area (Å²) in [5.41, 5.74) is 2.21. The Hall–Kier alpha value is -1.35. The molecule has 0 aliphatic carbocycles. The monoisotopic (exact) mass is 288 g/mol. The zero-order valence-corrected chi connectivity index (χ0v) is 13.8. The molecule has 0 spiro atoms. The number of carbonyl (C=O) groups is 1. The lowest BCUT2D eigenvalue weighted by Gasteiger charge is -2.32. The first-order valence-electron chi connectivity index (χ1n) is 8.05. The van der Waals surface area contributed by atoms with Crippen LogP contribution in [0.3, 0.4) is 0 Å². The maximum atomic E-state index is 12.5. The van der Waals surface area contributed by atoms with Crippen LogP contribution < -0.4 is 5.32 Å². The van der Waals surface area contributed by atoms with E-state index in [9.17, 15) is 4.79 Å². The van der Waals surface area contributed by atoms with Crippen molar-refractivity contribution < 1.29 is 4.79 Å². The number of likely N-dealkylation sites (tertiary alicyclic amines) is 1. The smallest absolute Gasteiger partial charge is 0.253 e. The standard InChI is InChI=1S/C18H28N2O/c1-5-19-16-10-12-20(13-11-16)17(21)14-6-8-15(9-7-14)18(2,3)4/h6-9,16,19H,5,10-13H2,1-4H3.